The summed E-state index contributed by atoms with van der Waals surface area (Å²) in [5, 5.41) is 13.1. The minimum absolute atomic E-state index is 0.291. The van der Waals surface area contributed by atoms with Crippen LogP contribution in [0.5, 0.6) is 0 Å². The number of rotatable bonds is 4. The molecular weight excluding hydrogens is 274 g/mol. The second-order valence-electron chi connectivity index (χ2n) is 5.29. The summed E-state index contributed by atoms with van der Waals surface area (Å²) >= 11 is 0. The molecule has 0 spiro atoms. The molecule has 0 saturated heterocycles. The van der Waals surface area contributed by atoms with Crippen molar-refractivity contribution in [2.75, 3.05) is 11.9 Å². The van der Waals surface area contributed by atoms with Gasteiger partial charge in [-0.2, -0.15) is 0 Å². The van der Waals surface area contributed by atoms with Crippen LogP contribution < -0.4 is 5.32 Å². The van der Waals surface area contributed by atoms with Crippen molar-refractivity contribution in [3.05, 3.63) is 78.0 Å². The number of aliphatic hydroxyl groups excluding tert-OH is 1. The molecule has 2 aromatic carbocycles. The summed E-state index contributed by atoms with van der Waals surface area (Å²) in [6.07, 6.45) is 2.41. The molecule has 2 aromatic rings. The summed E-state index contributed by atoms with van der Waals surface area (Å²) in [4.78, 5) is 0. The first-order valence-electron chi connectivity index (χ1n) is 7.37. The topological polar surface area (TPSA) is 41.5 Å². The number of hydrogen-bond acceptors (Lipinski definition) is 3. The molecule has 0 unspecified atom stereocenters. The van der Waals surface area contributed by atoms with Gasteiger partial charge in [0.15, 0.2) is 5.76 Å². The van der Waals surface area contributed by atoms with Crippen LogP contribution in [0.25, 0.3) is 11.1 Å². The normalized spacial score (nSPS) is 14.3. The van der Waals surface area contributed by atoms with E-state index in [1.54, 1.807) is 0 Å². The van der Waals surface area contributed by atoms with Crippen molar-refractivity contribution < 1.29 is 9.84 Å². The molecule has 2 N–H and O–H groups in total. The van der Waals surface area contributed by atoms with E-state index in [4.69, 9.17) is 4.74 Å². The lowest BCUT2D eigenvalue weighted by molar-refractivity contribution is 0.246. The Morgan fingerprint density at radius 2 is 1.68 bits per heavy atom. The predicted molar refractivity (Wildman–Crippen MR) is 89.5 cm³/mol. The largest absolute Gasteiger partial charge is 0.508 e. The van der Waals surface area contributed by atoms with Crippen LogP contribution >= 0.6 is 0 Å². The number of benzene rings is 2. The Morgan fingerprint density at radius 1 is 1.00 bits per heavy atom. The molecule has 3 heteroatoms. The van der Waals surface area contributed by atoms with Crippen LogP contribution in [0, 0.1) is 0 Å². The van der Waals surface area contributed by atoms with Crippen molar-refractivity contribution >= 4 is 5.69 Å². The van der Waals surface area contributed by atoms with E-state index in [0.717, 1.165) is 11.4 Å². The highest BCUT2D eigenvalue weighted by atomic mass is 16.5. The van der Waals surface area contributed by atoms with Crippen molar-refractivity contribution in [3.8, 4) is 11.1 Å². The molecule has 0 saturated carbocycles. The molecule has 0 fully saturated rings. The summed E-state index contributed by atoms with van der Waals surface area (Å²) in [7, 11) is 0. The fraction of sp³-hybridized carbons (Fsp3) is 0.158. The molecule has 0 radical (unpaired) electrons. The Kier molecular flexibility index (Phi) is 4.15. The number of hydrogen-bond donors (Lipinski definition) is 2. The molecule has 0 bridgehead atoms. The van der Waals surface area contributed by atoms with E-state index in [1.807, 2.05) is 43.3 Å². The Morgan fingerprint density at radius 3 is 2.41 bits per heavy atom. The molecule has 0 aliphatic carbocycles. The number of allylic oxidation sites excluding steroid dienone is 2. The minimum Gasteiger partial charge on any atom is -0.508 e. The maximum atomic E-state index is 9.83. The first-order chi connectivity index (χ1) is 10.7. The molecule has 0 amide bonds. The number of anilines is 1. The van der Waals surface area contributed by atoms with E-state index in [2.05, 4.69) is 29.6 Å². The van der Waals surface area contributed by atoms with Crippen LogP contribution in [0.1, 0.15) is 13.3 Å². The van der Waals surface area contributed by atoms with Crippen molar-refractivity contribution in [1.82, 2.24) is 0 Å². The van der Waals surface area contributed by atoms with Gasteiger partial charge in [-0.15, -0.1) is 0 Å². The highest BCUT2D eigenvalue weighted by molar-refractivity contribution is 5.65. The summed E-state index contributed by atoms with van der Waals surface area (Å²) in [5.74, 6) is 1.71. The molecule has 1 aliphatic heterocycles. The van der Waals surface area contributed by atoms with Crippen LogP contribution in [0.15, 0.2) is 78.0 Å². The van der Waals surface area contributed by atoms with E-state index >= 15 is 0 Å². The van der Waals surface area contributed by atoms with Gasteiger partial charge in [0, 0.05) is 12.1 Å². The van der Waals surface area contributed by atoms with Gasteiger partial charge in [-0.1, -0.05) is 42.5 Å². The molecule has 22 heavy (non-hydrogen) atoms. The quantitative estimate of drug-likeness (QED) is 0.846. The van der Waals surface area contributed by atoms with Gasteiger partial charge in [-0.25, -0.2) is 0 Å². The molecule has 0 aromatic heterocycles. The van der Waals surface area contributed by atoms with Gasteiger partial charge < -0.3 is 15.2 Å². The third-order valence-electron chi connectivity index (χ3n) is 3.63. The lowest BCUT2D eigenvalue weighted by Gasteiger charge is -2.17. The average molecular weight is 293 g/mol. The van der Waals surface area contributed by atoms with E-state index in [9.17, 15) is 5.11 Å². The zero-order chi connectivity index (χ0) is 15.4. The van der Waals surface area contributed by atoms with Crippen molar-refractivity contribution in [2.45, 2.75) is 13.3 Å². The standard InChI is InChI=1S/C19H19NO2/c1-14-7-12-18(21)19(22-14)13-20-17-10-8-16(9-11-17)15-5-3-2-4-6-15/h2-11,20-21H,12-13H2,1H3. The monoisotopic (exact) mass is 293 g/mol. The van der Waals surface area contributed by atoms with Gasteiger partial charge >= 0.3 is 0 Å². The molecule has 1 heterocycles. The number of ether oxygens (including phenoxy) is 1. The summed E-state index contributed by atoms with van der Waals surface area (Å²) < 4.78 is 5.54. The Labute approximate surface area is 130 Å². The molecule has 112 valence electrons. The van der Waals surface area contributed by atoms with Crippen LogP contribution in [0.4, 0.5) is 5.69 Å². The highest BCUT2D eigenvalue weighted by Crippen LogP contribution is 2.23. The van der Waals surface area contributed by atoms with Crippen LogP contribution in [-0.2, 0) is 4.74 Å². The van der Waals surface area contributed by atoms with Crippen LogP contribution in [0.2, 0.25) is 0 Å². The fourth-order valence-electron chi connectivity index (χ4n) is 2.38. The number of nitrogens with one attached hydrogen (secondary N) is 1. The second kappa shape index (κ2) is 6.39. The second-order valence-corrected chi connectivity index (χ2v) is 5.29. The first-order valence-corrected chi connectivity index (χ1v) is 7.37. The summed E-state index contributed by atoms with van der Waals surface area (Å²) in [5.41, 5.74) is 3.38. The van der Waals surface area contributed by atoms with Crippen LogP contribution in [-0.4, -0.2) is 11.7 Å². The molecule has 3 nitrogen and oxygen atoms in total. The Bertz CT molecular complexity index is 700. The maximum Gasteiger partial charge on any atom is 0.160 e. The summed E-state index contributed by atoms with van der Waals surface area (Å²) in [6, 6.07) is 18.5. The molecule has 1 aliphatic rings. The third kappa shape index (κ3) is 3.31. The minimum atomic E-state index is 0.291. The molecular formula is C19H19NO2. The first kappa shape index (κ1) is 14.3. The Hall–Kier alpha value is -2.68. The summed E-state index contributed by atoms with van der Waals surface area (Å²) in [6.45, 7) is 2.36. The SMILES string of the molecule is CC1=CCC(O)=C(CNc2ccc(-c3ccccc3)cc2)O1. The van der Waals surface area contributed by atoms with Gasteiger partial charge in [0.05, 0.1) is 12.3 Å². The zero-order valence-corrected chi connectivity index (χ0v) is 12.5. The van der Waals surface area contributed by atoms with Crippen molar-refractivity contribution in [3.63, 3.8) is 0 Å². The van der Waals surface area contributed by atoms with Gasteiger partial charge in [-0.05, 0) is 36.3 Å². The van der Waals surface area contributed by atoms with Crippen molar-refractivity contribution in [1.29, 1.82) is 0 Å². The van der Waals surface area contributed by atoms with Gasteiger partial charge in [0.2, 0.25) is 0 Å². The van der Waals surface area contributed by atoms with Gasteiger partial charge in [0.25, 0.3) is 0 Å². The smallest absolute Gasteiger partial charge is 0.160 e. The lowest BCUT2D eigenvalue weighted by Crippen LogP contribution is -2.12. The average Bonchev–Trinajstić information content (AvgIpc) is 2.57. The predicted octanol–water partition coefficient (Wildman–Crippen LogP) is 4.86. The van der Waals surface area contributed by atoms with Crippen LogP contribution in [0.3, 0.4) is 0 Å². The number of aliphatic hydroxyl groups is 1. The van der Waals surface area contributed by atoms with Gasteiger partial charge in [0.1, 0.15) is 5.76 Å². The van der Waals surface area contributed by atoms with E-state index in [0.29, 0.717) is 24.5 Å². The molecule has 3 rings (SSSR count). The Balaban J connectivity index is 1.65. The van der Waals surface area contributed by atoms with E-state index in [-0.39, 0.29) is 0 Å². The molecule has 0 atom stereocenters. The lowest BCUT2D eigenvalue weighted by atomic mass is 10.1. The maximum absolute atomic E-state index is 9.83. The van der Waals surface area contributed by atoms with E-state index in [1.165, 1.54) is 11.1 Å². The van der Waals surface area contributed by atoms with Crippen molar-refractivity contribution in [2.24, 2.45) is 0 Å². The third-order valence-corrected chi connectivity index (χ3v) is 3.63. The van der Waals surface area contributed by atoms with Gasteiger partial charge in [-0.3, -0.25) is 0 Å². The van der Waals surface area contributed by atoms with E-state index < -0.39 is 0 Å². The fourth-order valence-corrected chi connectivity index (χ4v) is 2.38. The highest BCUT2D eigenvalue weighted by Gasteiger charge is 2.12. The zero-order valence-electron chi connectivity index (χ0n) is 12.5.